The topological polar surface area (TPSA) is 66.4 Å². The van der Waals surface area contributed by atoms with Crippen LogP contribution in [0.5, 0.6) is 0 Å². The molecule has 1 rings (SSSR count). The van der Waals surface area contributed by atoms with E-state index in [4.69, 9.17) is 5.11 Å². The van der Waals surface area contributed by atoms with Crippen molar-refractivity contribution in [2.45, 2.75) is 19.9 Å². The van der Waals surface area contributed by atoms with Crippen LogP contribution in [0.2, 0.25) is 0 Å². The normalized spacial score (nSPS) is 9.67. The van der Waals surface area contributed by atoms with Crippen molar-refractivity contribution in [3.63, 3.8) is 0 Å². The Kier molecular flexibility index (Phi) is 3.85. The summed E-state index contributed by atoms with van der Waals surface area (Å²) in [6, 6.07) is 7.14. The van der Waals surface area contributed by atoms with Crippen LogP contribution in [0.4, 0.5) is 0 Å². The third-order valence-electron chi connectivity index (χ3n) is 1.92. The van der Waals surface area contributed by atoms with Gasteiger partial charge in [-0.05, 0) is 11.1 Å². The van der Waals surface area contributed by atoms with Crippen LogP contribution in [0.25, 0.3) is 0 Å². The van der Waals surface area contributed by atoms with Gasteiger partial charge in [-0.15, -0.1) is 0 Å². The zero-order chi connectivity index (χ0) is 11.3. The Balaban J connectivity index is 2.56. The Labute approximate surface area is 87.9 Å². The molecule has 1 aromatic rings. The summed E-state index contributed by atoms with van der Waals surface area (Å²) in [7, 11) is 0. The molecule has 4 nitrogen and oxygen atoms in total. The molecule has 4 heteroatoms. The quantitative estimate of drug-likeness (QED) is 0.772. The predicted octanol–water partition coefficient (Wildman–Crippen LogP) is 0.950. The number of carboxylic acid groups (broad SMARTS) is 1. The van der Waals surface area contributed by atoms with Crippen LogP contribution in [0.3, 0.4) is 0 Å². The number of carboxylic acids is 1. The lowest BCUT2D eigenvalue weighted by molar-refractivity contribution is -0.136. The number of carbonyl (C=O) groups excluding carboxylic acids is 1. The molecule has 80 valence electrons. The van der Waals surface area contributed by atoms with E-state index < -0.39 is 5.97 Å². The van der Waals surface area contributed by atoms with Gasteiger partial charge in [0, 0.05) is 13.5 Å². The highest BCUT2D eigenvalue weighted by molar-refractivity contribution is 5.72. The van der Waals surface area contributed by atoms with Crippen LogP contribution < -0.4 is 5.32 Å². The molecule has 0 spiro atoms. The van der Waals surface area contributed by atoms with Gasteiger partial charge in [-0.1, -0.05) is 24.3 Å². The molecule has 0 aliphatic carbocycles. The highest BCUT2D eigenvalue weighted by Gasteiger charge is 2.00. The molecule has 0 saturated carbocycles. The van der Waals surface area contributed by atoms with E-state index in [1.54, 1.807) is 12.1 Å². The van der Waals surface area contributed by atoms with Gasteiger partial charge in [0.2, 0.25) is 5.91 Å². The Morgan fingerprint density at radius 1 is 1.20 bits per heavy atom. The molecule has 1 amide bonds. The van der Waals surface area contributed by atoms with Crippen molar-refractivity contribution in [3.05, 3.63) is 35.4 Å². The second kappa shape index (κ2) is 5.14. The molecule has 15 heavy (non-hydrogen) atoms. The monoisotopic (exact) mass is 207 g/mol. The first-order valence-corrected chi connectivity index (χ1v) is 4.62. The van der Waals surface area contributed by atoms with Gasteiger partial charge in [-0.25, -0.2) is 0 Å². The summed E-state index contributed by atoms with van der Waals surface area (Å²) in [4.78, 5) is 21.1. The Hall–Kier alpha value is -1.84. The van der Waals surface area contributed by atoms with Crippen LogP contribution in [0.15, 0.2) is 24.3 Å². The van der Waals surface area contributed by atoms with Crippen molar-refractivity contribution in [1.82, 2.24) is 5.32 Å². The maximum absolute atomic E-state index is 10.6. The number of carbonyl (C=O) groups is 2. The molecule has 0 saturated heterocycles. The van der Waals surface area contributed by atoms with Crippen molar-refractivity contribution in [1.29, 1.82) is 0 Å². The van der Waals surface area contributed by atoms with Crippen molar-refractivity contribution >= 4 is 11.9 Å². The van der Waals surface area contributed by atoms with Gasteiger partial charge in [0.05, 0.1) is 6.42 Å². The second-order valence-electron chi connectivity index (χ2n) is 3.30. The molecule has 0 aliphatic heterocycles. The molecule has 0 radical (unpaired) electrons. The average Bonchev–Trinajstić information content (AvgIpc) is 2.16. The first-order valence-electron chi connectivity index (χ1n) is 4.62. The summed E-state index contributed by atoms with van der Waals surface area (Å²) in [6.07, 6.45) is 0.0282. The number of aliphatic carboxylic acids is 1. The van der Waals surface area contributed by atoms with Crippen molar-refractivity contribution in [2.24, 2.45) is 0 Å². The highest BCUT2D eigenvalue weighted by atomic mass is 16.4. The minimum absolute atomic E-state index is 0.0282. The van der Waals surface area contributed by atoms with E-state index in [0.717, 1.165) is 11.1 Å². The molecule has 0 unspecified atom stereocenters. The molecule has 2 N–H and O–H groups in total. The van der Waals surface area contributed by atoms with E-state index in [9.17, 15) is 9.59 Å². The molecule has 0 bridgehead atoms. The highest BCUT2D eigenvalue weighted by Crippen LogP contribution is 2.05. The van der Waals surface area contributed by atoms with Crippen LogP contribution in [0.1, 0.15) is 18.1 Å². The van der Waals surface area contributed by atoms with Gasteiger partial charge in [0.25, 0.3) is 0 Å². The molecule has 0 aliphatic rings. The summed E-state index contributed by atoms with van der Waals surface area (Å²) in [5.74, 6) is -0.922. The molecule has 0 fully saturated rings. The van der Waals surface area contributed by atoms with Crippen LogP contribution >= 0.6 is 0 Å². The molecule has 0 heterocycles. The van der Waals surface area contributed by atoms with Crippen molar-refractivity contribution in [2.75, 3.05) is 0 Å². The molecule has 0 atom stereocenters. The minimum Gasteiger partial charge on any atom is -0.481 e. The van der Waals surface area contributed by atoms with E-state index in [-0.39, 0.29) is 12.3 Å². The van der Waals surface area contributed by atoms with Gasteiger partial charge < -0.3 is 10.4 Å². The molecule has 1 aromatic carbocycles. The summed E-state index contributed by atoms with van der Waals surface area (Å²) in [6.45, 7) is 1.93. The Morgan fingerprint density at radius 2 is 1.73 bits per heavy atom. The van der Waals surface area contributed by atoms with Gasteiger partial charge >= 0.3 is 5.97 Å². The lowest BCUT2D eigenvalue weighted by Gasteiger charge is -2.03. The van der Waals surface area contributed by atoms with Gasteiger partial charge in [-0.2, -0.15) is 0 Å². The van der Waals surface area contributed by atoms with Crippen LogP contribution in [-0.2, 0) is 22.6 Å². The maximum Gasteiger partial charge on any atom is 0.307 e. The second-order valence-corrected chi connectivity index (χ2v) is 3.30. The van der Waals surface area contributed by atoms with E-state index in [1.807, 2.05) is 12.1 Å². The standard InChI is InChI=1S/C11H13NO3/c1-8(13)12-7-10-4-2-9(3-5-10)6-11(14)15/h2-5H,6-7H2,1H3,(H,12,13)(H,14,15). The van der Waals surface area contributed by atoms with Crippen LogP contribution in [0, 0.1) is 0 Å². The summed E-state index contributed by atoms with van der Waals surface area (Å²) in [5, 5.41) is 11.2. The fourth-order valence-electron chi connectivity index (χ4n) is 1.18. The number of nitrogens with one attached hydrogen (secondary N) is 1. The Morgan fingerprint density at radius 3 is 2.20 bits per heavy atom. The van der Waals surface area contributed by atoms with E-state index in [1.165, 1.54) is 6.92 Å². The first-order chi connectivity index (χ1) is 7.08. The van der Waals surface area contributed by atoms with Gasteiger partial charge in [0.15, 0.2) is 0 Å². The summed E-state index contributed by atoms with van der Waals surface area (Å²) < 4.78 is 0. The zero-order valence-corrected chi connectivity index (χ0v) is 8.49. The summed E-state index contributed by atoms with van der Waals surface area (Å²) in [5.41, 5.74) is 1.72. The Bertz CT molecular complexity index is 357. The molecule has 0 aromatic heterocycles. The maximum atomic E-state index is 10.6. The number of benzene rings is 1. The fourth-order valence-corrected chi connectivity index (χ4v) is 1.18. The third kappa shape index (κ3) is 4.26. The third-order valence-corrected chi connectivity index (χ3v) is 1.92. The van der Waals surface area contributed by atoms with Gasteiger partial charge in [-0.3, -0.25) is 9.59 Å². The average molecular weight is 207 g/mol. The SMILES string of the molecule is CC(=O)NCc1ccc(CC(=O)O)cc1. The smallest absolute Gasteiger partial charge is 0.307 e. The predicted molar refractivity (Wildman–Crippen MR) is 55.3 cm³/mol. The first kappa shape index (κ1) is 11.2. The minimum atomic E-state index is -0.843. The molecular formula is C11H13NO3. The largest absolute Gasteiger partial charge is 0.481 e. The zero-order valence-electron chi connectivity index (χ0n) is 8.49. The number of rotatable bonds is 4. The van der Waals surface area contributed by atoms with E-state index in [2.05, 4.69) is 5.32 Å². The lowest BCUT2D eigenvalue weighted by atomic mass is 10.1. The number of hydrogen-bond acceptors (Lipinski definition) is 2. The van der Waals surface area contributed by atoms with E-state index >= 15 is 0 Å². The van der Waals surface area contributed by atoms with E-state index in [0.29, 0.717) is 6.54 Å². The van der Waals surface area contributed by atoms with Crippen LogP contribution in [-0.4, -0.2) is 17.0 Å². The summed E-state index contributed by atoms with van der Waals surface area (Å²) >= 11 is 0. The number of hydrogen-bond donors (Lipinski definition) is 2. The van der Waals surface area contributed by atoms with Crippen molar-refractivity contribution < 1.29 is 14.7 Å². The fraction of sp³-hybridized carbons (Fsp3) is 0.273. The lowest BCUT2D eigenvalue weighted by Crippen LogP contribution is -2.18. The number of amides is 1. The van der Waals surface area contributed by atoms with Gasteiger partial charge in [0.1, 0.15) is 0 Å². The van der Waals surface area contributed by atoms with Crippen molar-refractivity contribution in [3.8, 4) is 0 Å². The molecular weight excluding hydrogens is 194 g/mol.